The molecule has 0 spiro atoms. The van der Waals surface area contributed by atoms with Crippen LogP contribution in [0, 0.1) is 10.4 Å². The van der Waals surface area contributed by atoms with Crippen LogP contribution >= 0.6 is 0 Å². The van der Waals surface area contributed by atoms with E-state index in [1.807, 2.05) is 0 Å². The Kier molecular flexibility index (Phi) is 7.02. The number of nitrogens with zero attached hydrogens (tertiary/aromatic N) is 3. The normalized spacial score (nSPS) is 20.4. The van der Waals surface area contributed by atoms with E-state index in [0.29, 0.717) is 95.7 Å². The third kappa shape index (κ3) is 4.99. The lowest BCUT2D eigenvalue weighted by Gasteiger charge is -2.45. The first kappa shape index (κ1) is 24.8. The van der Waals surface area contributed by atoms with Crippen molar-refractivity contribution in [3.8, 4) is 0 Å². The number of benzene rings is 1. The topological polar surface area (TPSA) is 136 Å². The van der Waals surface area contributed by atoms with Crippen LogP contribution in [-0.2, 0) is 9.47 Å². The molecule has 0 unspecified atom stereocenters. The molecule has 1 aliphatic carbocycles. The Balaban J connectivity index is 1.39. The molecule has 2 N–H and O–H groups in total. The highest BCUT2D eigenvalue weighted by Gasteiger charge is 2.34. The fourth-order valence-electron chi connectivity index (χ4n) is 5.00. The number of rotatable bonds is 8. The van der Waals surface area contributed by atoms with Gasteiger partial charge in [0.05, 0.1) is 69.3 Å². The van der Waals surface area contributed by atoms with Gasteiger partial charge in [-0.1, -0.05) is 0 Å². The number of carbonyl (C=O) groups excluding carboxylic acids is 2. The molecule has 0 atom stereocenters. The number of pyridine rings is 1. The Bertz CT molecular complexity index is 1060. The van der Waals surface area contributed by atoms with E-state index in [2.05, 4.69) is 15.6 Å². The molecule has 3 aliphatic rings. The van der Waals surface area contributed by atoms with Crippen LogP contribution in [0.1, 0.15) is 31.8 Å². The number of quaternary nitrogens is 2. The van der Waals surface area contributed by atoms with Crippen molar-refractivity contribution in [3.63, 3.8) is 0 Å². The molecule has 2 aliphatic heterocycles. The first-order chi connectivity index (χ1) is 17.4. The van der Waals surface area contributed by atoms with Crippen LogP contribution in [0.15, 0.2) is 30.6 Å². The van der Waals surface area contributed by atoms with Crippen molar-refractivity contribution >= 4 is 22.9 Å². The number of fused-ring (bicyclic) bond motifs is 2. The molecular formula is C25H31N5O6. The lowest BCUT2D eigenvalue weighted by Crippen LogP contribution is -2.52. The molecule has 2 aromatic rings. The fraction of sp³-hybridized carbons (Fsp3) is 0.480. The van der Waals surface area contributed by atoms with Gasteiger partial charge in [0.25, 0.3) is 0 Å². The third-order valence-corrected chi connectivity index (χ3v) is 7.21. The highest BCUT2D eigenvalue weighted by molar-refractivity contribution is 6.31. The van der Waals surface area contributed by atoms with Crippen molar-refractivity contribution in [1.29, 1.82) is 0 Å². The summed E-state index contributed by atoms with van der Waals surface area (Å²) in [6, 6.07) is 5.06. The van der Waals surface area contributed by atoms with Gasteiger partial charge in [0.2, 0.25) is 0 Å². The molecule has 11 heteroatoms. The molecule has 2 saturated heterocycles. The SMILES string of the molecule is O=C1c2ccncc2C(=O)c2c(NCC[N+]3([O-])CCOCC3)ccc(NCC[N+]3([O-])CCOCC3)c21. The molecule has 2 fully saturated rings. The maximum Gasteiger partial charge on any atom is 0.198 e. The molecule has 0 saturated carbocycles. The summed E-state index contributed by atoms with van der Waals surface area (Å²) < 4.78 is 9.89. The van der Waals surface area contributed by atoms with E-state index in [0.717, 1.165) is 0 Å². The van der Waals surface area contributed by atoms with Crippen molar-refractivity contribution in [3.05, 3.63) is 63.3 Å². The number of ether oxygens (including phenoxy) is 2. The van der Waals surface area contributed by atoms with Crippen LogP contribution in [0.4, 0.5) is 11.4 Å². The number of hydroxylamine groups is 6. The van der Waals surface area contributed by atoms with Crippen molar-refractivity contribution in [2.24, 2.45) is 0 Å². The van der Waals surface area contributed by atoms with Crippen molar-refractivity contribution in [2.75, 3.05) is 89.4 Å². The monoisotopic (exact) mass is 497 g/mol. The zero-order valence-electron chi connectivity index (χ0n) is 20.2. The molecule has 0 radical (unpaired) electrons. The minimum absolute atomic E-state index is 0.257. The standard InChI is InChI=1S/C25H31N5O6/c31-24-18-3-4-26-17-19(18)25(32)23-21(28-6-8-30(34)11-15-36-16-12-30)2-1-20(22(23)24)27-5-7-29(33)9-13-35-14-10-29/h1-4,17,27-28H,5-16H2. The summed E-state index contributed by atoms with van der Waals surface area (Å²) in [7, 11) is 0. The molecule has 5 rings (SSSR count). The van der Waals surface area contributed by atoms with E-state index < -0.39 is 0 Å². The minimum Gasteiger partial charge on any atom is -0.633 e. The second-order valence-corrected chi connectivity index (χ2v) is 9.53. The summed E-state index contributed by atoms with van der Waals surface area (Å²) in [5.74, 6) is -0.567. The fourth-order valence-corrected chi connectivity index (χ4v) is 5.00. The van der Waals surface area contributed by atoms with E-state index >= 15 is 0 Å². The molecular weight excluding hydrogens is 466 g/mol. The Labute approximate surface area is 209 Å². The first-order valence-electron chi connectivity index (χ1n) is 12.4. The molecule has 11 nitrogen and oxygen atoms in total. The van der Waals surface area contributed by atoms with Gasteiger partial charge in [-0.2, -0.15) is 0 Å². The summed E-state index contributed by atoms with van der Waals surface area (Å²) in [4.78, 5) is 31.1. The van der Waals surface area contributed by atoms with Gasteiger partial charge in [0, 0.05) is 29.3 Å². The van der Waals surface area contributed by atoms with Gasteiger partial charge < -0.3 is 39.8 Å². The zero-order valence-corrected chi connectivity index (χ0v) is 20.2. The van der Waals surface area contributed by atoms with E-state index in [1.165, 1.54) is 12.4 Å². The zero-order chi connectivity index (χ0) is 25.2. The molecule has 36 heavy (non-hydrogen) atoms. The predicted molar refractivity (Wildman–Crippen MR) is 133 cm³/mol. The Morgan fingerprint density at radius 3 is 1.72 bits per heavy atom. The van der Waals surface area contributed by atoms with E-state index in [-0.39, 0.29) is 37.5 Å². The number of hydrogen-bond acceptors (Lipinski definition) is 9. The highest BCUT2D eigenvalue weighted by atomic mass is 16.6. The van der Waals surface area contributed by atoms with Gasteiger partial charge in [0.1, 0.15) is 26.2 Å². The Hall–Kier alpha value is -2.93. The first-order valence-corrected chi connectivity index (χ1v) is 12.4. The van der Waals surface area contributed by atoms with Crippen molar-refractivity contribution < 1.29 is 28.4 Å². The largest absolute Gasteiger partial charge is 0.633 e. The summed E-state index contributed by atoms with van der Waals surface area (Å²) >= 11 is 0. The van der Waals surface area contributed by atoms with Crippen LogP contribution in [0.25, 0.3) is 0 Å². The minimum atomic E-state index is -0.352. The summed E-state index contributed by atoms with van der Waals surface area (Å²) in [6.45, 7) is 4.68. The van der Waals surface area contributed by atoms with E-state index in [4.69, 9.17) is 9.47 Å². The van der Waals surface area contributed by atoms with Crippen LogP contribution in [0.5, 0.6) is 0 Å². The van der Waals surface area contributed by atoms with Gasteiger partial charge in [-0.3, -0.25) is 14.6 Å². The smallest absolute Gasteiger partial charge is 0.198 e. The third-order valence-electron chi connectivity index (χ3n) is 7.21. The van der Waals surface area contributed by atoms with Crippen molar-refractivity contribution in [2.45, 2.75) is 0 Å². The van der Waals surface area contributed by atoms with Gasteiger partial charge in [-0.25, -0.2) is 0 Å². The number of anilines is 2. The Morgan fingerprint density at radius 1 is 0.750 bits per heavy atom. The number of morpholine rings is 2. The average molecular weight is 498 g/mol. The van der Waals surface area contributed by atoms with Gasteiger partial charge in [-0.05, 0) is 18.2 Å². The lowest BCUT2D eigenvalue weighted by molar-refractivity contribution is -0.886. The lowest BCUT2D eigenvalue weighted by atomic mass is 9.83. The molecule has 1 aromatic heterocycles. The van der Waals surface area contributed by atoms with Crippen LogP contribution in [0.2, 0.25) is 0 Å². The quantitative estimate of drug-likeness (QED) is 0.349. The number of carbonyl (C=O) groups is 2. The van der Waals surface area contributed by atoms with Crippen molar-refractivity contribution in [1.82, 2.24) is 4.98 Å². The van der Waals surface area contributed by atoms with E-state index in [1.54, 1.807) is 18.2 Å². The maximum atomic E-state index is 13.5. The molecule has 1 aromatic carbocycles. The highest BCUT2D eigenvalue weighted by Crippen LogP contribution is 2.36. The van der Waals surface area contributed by atoms with Crippen LogP contribution < -0.4 is 10.6 Å². The summed E-state index contributed by atoms with van der Waals surface area (Å²) in [6.07, 6.45) is 2.91. The van der Waals surface area contributed by atoms with Gasteiger partial charge in [-0.15, -0.1) is 0 Å². The maximum absolute atomic E-state index is 13.5. The summed E-state index contributed by atoms with van der Waals surface area (Å²) in [5.41, 5.74) is 2.12. The van der Waals surface area contributed by atoms with Crippen LogP contribution in [0.3, 0.4) is 0 Å². The number of hydrogen-bond donors (Lipinski definition) is 2. The van der Waals surface area contributed by atoms with Gasteiger partial charge >= 0.3 is 0 Å². The number of aromatic nitrogens is 1. The number of ketones is 2. The number of nitrogens with one attached hydrogen (secondary N) is 2. The summed E-state index contributed by atoms with van der Waals surface area (Å²) in [5, 5.41) is 32.2. The average Bonchev–Trinajstić information content (AvgIpc) is 2.88. The Morgan fingerprint density at radius 2 is 1.22 bits per heavy atom. The molecule has 3 heterocycles. The second kappa shape index (κ2) is 10.2. The van der Waals surface area contributed by atoms with Crippen LogP contribution in [-0.4, -0.2) is 105 Å². The molecule has 0 amide bonds. The second-order valence-electron chi connectivity index (χ2n) is 9.53. The van der Waals surface area contributed by atoms with E-state index in [9.17, 15) is 20.0 Å². The van der Waals surface area contributed by atoms with Gasteiger partial charge in [0.15, 0.2) is 11.6 Å². The predicted octanol–water partition coefficient (Wildman–Crippen LogP) is 1.37. The molecule has 0 bridgehead atoms. The molecule has 192 valence electrons.